The SMILES string of the molecule is O[B]Oc1ccc2c3c(ccc2c1)N(c1ccccc1)C1SC(c2ccc4ccccc4c2)=NC31. The molecular formula is C29H20BN2O2S. The Balaban J connectivity index is 1.39. The highest BCUT2D eigenvalue weighted by Gasteiger charge is 2.45. The van der Waals surface area contributed by atoms with Crippen LogP contribution in [0.2, 0.25) is 0 Å². The summed E-state index contributed by atoms with van der Waals surface area (Å²) in [4.78, 5) is 7.74. The van der Waals surface area contributed by atoms with Crippen LogP contribution in [0.4, 0.5) is 11.4 Å². The highest BCUT2D eigenvalue weighted by atomic mass is 32.2. The third-order valence-electron chi connectivity index (χ3n) is 6.80. The first-order valence-corrected chi connectivity index (χ1v) is 12.5. The lowest BCUT2D eigenvalue weighted by Gasteiger charge is -2.26. The molecule has 0 amide bonds. The molecule has 4 nitrogen and oxygen atoms in total. The number of thioether (sulfide) groups is 1. The minimum Gasteiger partial charge on any atom is -0.537 e. The van der Waals surface area contributed by atoms with E-state index in [0.717, 1.165) is 34.8 Å². The first-order valence-electron chi connectivity index (χ1n) is 11.6. The van der Waals surface area contributed by atoms with Crippen LogP contribution in [0.3, 0.4) is 0 Å². The summed E-state index contributed by atoms with van der Waals surface area (Å²) < 4.78 is 5.21. The number of hydrogen-bond acceptors (Lipinski definition) is 5. The average molecular weight is 471 g/mol. The van der Waals surface area contributed by atoms with Gasteiger partial charge in [0.1, 0.15) is 22.2 Å². The maximum Gasteiger partial charge on any atom is 0.569 e. The maximum atomic E-state index is 9.06. The lowest BCUT2D eigenvalue weighted by molar-refractivity contribution is 0.454. The molecule has 2 atom stereocenters. The number of anilines is 2. The van der Waals surface area contributed by atoms with Crippen LogP contribution in [0.25, 0.3) is 21.5 Å². The summed E-state index contributed by atoms with van der Waals surface area (Å²) in [5.41, 5.74) is 4.75. The number of benzene rings is 5. The van der Waals surface area contributed by atoms with Crippen molar-refractivity contribution in [3.63, 3.8) is 0 Å². The molecule has 1 radical (unpaired) electrons. The normalized spacial score (nSPS) is 18.4. The Bertz CT molecular complexity index is 1620. The van der Waals surface area contributed by atoms with Gasteiger partial charge in [-0.15, -0.1) is 0 Å². The molecule has 0 spiro atoms. The molecule has 2 aliphatic heterocycles. The quantitative estimate of drug-likeness (QED) is 0.300. The van der Waals surface area contributed by atoms with Gasteiger partial charge in [-0.1, -0.05) is 78.5 Å². The zero-order valence-corrected chi connectivity index (χ0v) is 19.5. The first kappa shape index (κ1) is 20.6. The van der Waals surface area contributed by atoms with Gasteiger partial charge >= 0.3 is 7.69 Å². The van der Waals surface area contributed by atoms with Crippen molar-refractivity contribution in [2.45, 2.75) is 11.4 Å². The second-order valence-corrected chi connectivity index (χ2v) is 9.86. The van der Waals surface area contributed by atoms with Crippen molar-refractivity contribution in [3.8, 4) is 5.75 Å². The lowest BCUT2D eigenvalue weighted by Crippen LogP contribution is -2.24. The van der Waals surface area contributed by atoms with Crippen molar-refractivity contribution in [3.05, 3.63) is 114 Å². The fourth-order valence-corrected chi connectivity index (χ4v) is 6.59. The van der Waals surface area contributed by atoms with E-state index in [1.54, 1.807) is 0 Å². The lowest BCUT2D eigenvalue weighted by atomic mass is 9.99. The van der Waals surface area contributed by atoms with Gasteiger partial charge in [-0.25, -0.2) is 0 Å². The maximum absolute atomic E-state index is 9.06. The number of rotatable bonds is 4. The van der Waals surface area contributed by atoms with Gasteiger partial charge in [-0.2, -0.15) is 0 Å². The predicted molar refractivity (Wildman–Crippen MR) is 146 cm³/mol. The average Bonchev–Trinajstić information content (AvgIpc) is 3.46. The third-order valence-corrected chi connectivity index (χ3v) is 8.07. The largest absolute Gasteiger partial charge is 0.569 e. The monoisotopic (exact) mass is 471 g/mol. The fourth-order valence-electron chi connectivity index (χ4n) is 5.25. The summed E-state index contributed by atoms with van der Waals surface area (Å²) in [6.45, 7) is 0. The smallest absolute Gasteiger partial charge is 0.537 e. The van der Waals surface area contributed by atoms with E-state index < -0.39 is 0 Å². The van der Waals surface area contributed by atoms with Crippen LogP contribution in [0.15, 0.2) is 108 Å². The van der Waals surface area contributed by atoms with Gasteiger partial charge in [-0.3, -0.25) is 4.99 Å². The van der Waals surface area contributed by atoms with Crippen molar-refractivity contribution in [1.29, 1.82) is 0 Å². The van der Waals surface area contributed by atoms with E-state index in [1.165, 1.54) is 22.0 Å². The van der Waals surface area contributed by atoms with Gasteiger partial charge in [0.2, 0.25) is 0 Å². The Morgan fingerprint density at radius 1 is 0.800 bits per heavy atom. The molecule has 0 saturated heterocycles. The summed E-state index contributed by atoms with van der Waals surface area (Å²) in [7, 11) is 0.718. The topological polar surface area (TPSA) is 45.1 Å². The molecule has 5 aromatic carbocycles. The molecule has 2 unspecified atom stereocenters. The molecule has 1 N–H and O–H groups in total. The van der Waals surface area contributed by atoms with Gasteiger partial charge in [0.05, 0.1) is 0 Å². The van der Waals surface area contributed by atoms with E-state index in [2.05, 4.69) is 95.9 Å². The molecule has 35 heavy (non-hydrogen) atoms. The van der Waals surface area contributed by atoms with Crippen LogP contribution in [0.5, 0.6) is 5.75 Å². The molecule has 167 valence electrons. The van der Waals surface area contributed by atoms with Gasteiger partial charge in [0.25, 0.3) is 0 Å². The second kappa shape index (κ2) is 8.19. The summed E-state index contributed by atoms with van der Waals surface area (Å²) in [5, 5.41) is 15.0. The molecule has 2 heterocycles. The number of hydrogen-bond donors (Lipinski definition) is 1. The predicted octanol–water partition coefficient (Wildman–Crippen LogP) is 6.61. The Kier molecular flexibility index (Phi) is 4.82. The van der Waals surface area contributed by atoms with Gasteiger partial charge < -0.3 is 14.6 Å². The van der Waals surface area contributed by atoms with Crippen molar-refractivity contribution in [2.24, 2.45) is 4.99 Å². The molecule has 5 aromatic rings. The molecule has 0 bridgehead atoms. The summed E-state index contributed by atoms with van der Waals surface area (Å²) in [6.07, 6.45) is 0. The fraction of sp³-hybridized carbons (Fsp3) is 0.0690. The molecule has 2 aliphatic rings. The minimum atomic E-state index is 0.0107. The van der Waals surface area contributed by atoms with Crippen LogP contribution in [0, 0.1) is 0 Å². The highest BCUT2D eigenvalue weighted by molar-refractivity contribution is 8.15. The molecule has 6 heteroatoms. The van der Waals surface area contributed by atoms with Crippen LogP contribution >= 0.6 is 11.8 Å². The molecule has 0 aliphatic carbocycles. The summed E-state index contributed by atoms with van der Waals surface area (Å²) >= 11 is 1.84. The summed E-state index contributed by atoms with van der Waals surface area (Å²) in [5.74, 6) is 0.607. The van der Waals surface area contributed by atoms with Crippen molar-refractivity contribution in [1.82, 2.24) is 0 Å². The highest BCUT2D eigenvalue weighted by Crippen LogP contribution is 2.56. The standard InChI is InChI=1S/C29H20BN2O2S/c33-30-34-23-13-14-24-20(17-23)12-15-25-26(24)27-29(32(25)22-8-2-1-3-9-22)35-28(31-27)21-11-10-18-6-4-5-7-19(18)16-21/h1-17,27,29,33H. The molecule has 0 fully saturated rings. The molecule has 0 saturated carbocycles. The number of aliphatic imine (C=N–C) groups is 1. The van der Waals surface area contributed by atoms with Gasteiger partial charge in [-0.05, 0) is 57.9 Å². The Labute approximate surface area is 208 Å². The molecule has 0 aromatic heterocycles. The van der Waals surface area contributed by atoms with E-state index in [4.69, 9.17) is 14.7 Å². The minimum absolute atomic E-state index is 0.0107. The Morgan fingerprint density at radius 3 is 2.46 bits per heavy atom. The van der Waals surface area contributed by atoms with E-state index >= 15 is 0 Å². The van der Waals surface area contributed by atoms with Crippen molar-refractivity contribution < 1.29 is 9.68 Å². The number of nitrogens with zero attached hydrogens (tertiary/aromatic N) is 2. The number of fused-ring (bicyclic) bond motifs is 6. The van der Waals surface area contributed by atoms with Gasteiger partial charge in [0.15, 0.2) is 0 Å². The molecule has 7 rings (SSSR count). The van der Waals surface area contributed by atoms with Crippen LogP contribution < -0.4 is 9.55 Å². The van der Waals surface area contributed by atoms with Crippen molar-refractivity contribution >= 4 is 57.4 Å². The Hall–Kier alpha value is -3.74. The van der Waals surface area contributed by atoms with Crippen LogP contribution in [-0.4, -0.2) is 23.1 Å². The number of para-hydroxylation sites is 1. The molecular weight excluding hydrogens is 451 g/mol. The zero-order valence-electron chi connectivity index (χ0n) is 18.7. The van der Waals surface area contributed by atoms with E-state index in [1.807, 2.05) is 23.9 Å². The first-order chi connectivity index (χ1) is 17.3. The van der Waals surface area contributed by atoms with E-state index in [-0.39, 0.29) is 11.4 Å². The summed E-state index contributed by atoms with van der Waals surface area (Å²) in [6, 6.07) is 35.9. The second-order valence-electron chi connectivity index (χ2n) is 8.76. The van der Waals surface area contributed by atoms with Gasteiger partial charge in [0, 0.05) is 22.5 Å². The third kappa shape index (κ3) is 3.33. The van der Waals surface area contributed by atoms with Crippen LogP contribution in [0.1, 0.15) is 17.2 Å². The Morgan fingerprint density at radius 2 is 1.60 bits per heavy atom. The van der Waals surface area contributed by atoms with E-state index in [0.29, 0.717) is 5.75 Å². The van der Waals surface area contributed by atoms with Crippen molar-refractivity contribution in [2.75, 3.05) is 4.90 Å². The zero-order chi connectivity index (χ0) is 23.4. The van der Waals surface area contributed by atoms with Crippen LogP contribution in [-0.2, 0) is 0 Å². The van der Waals surface area contributed by atoms with E-state index in [9.17, 15) is 0 Å².